The molecule has 39 heavy (non-hydrogen) atoms. The van der Waals surface area contributed by atoms with Crippen molar-refractivity contribution >= 4 is 22.7 Å². The maximum Gasteiger partial charge on any atom is 0.310 e. The van der Waals surface area contributed by atoms with E-state index < -0.39 is 0 Å². The lowest BCUT2D eigenvalue weighted by molar-refractivity contribution is -0.142. The number of methoxy groups -OCH3 is 1. The molecule has 5 rings (SSSR count). The largest absolute Gasteiger partial charge is 0.494 e. The zero-order chi connectivity index (χ0) is 27.4. The minimum Gasteiger partial charge on any atom is -0.494 e. The van der Waals surface area contributed by atoms with Crippen LogP contribution in [0.3, 0.4) is 0 Å². The van der Waals surface area contributed by atoms with Crippen LogP contribution in [-0.2, 0) is 22.6 Å². The van der Waals surface area contributed by atoms with Crippen molar-refractivity contribution in [3.63, 3.8) is 0 Å². The summed E-state index contributed by atoms with van der Waals surface area (Å²) in [5, 5.41) is 18.2. The van der Waals surface area contributed by atoms with Gasteiger partial charge < -0.3 is 25.2 Å². The number of oxime groups is 1. The maximum absolute atomic E-state index is 12.1. The molecule has 2 aromatic carbocycles. The van der Waals surface area contributed by atoms with Gasteiger partial charge in [-0.3, -0.25) is 9.48 Å². The Morgan fingerprint density at radius 1 is 1.21 bits per heavy atom. The van der Waals surface area contributed by atoms with Gasteiger partial charge in [-0.15, -0.1) is 0 Å². The molecule has 1 saturated carbocycles. The first-order chi connectivity index (χ1) is 19.0. The quantitative estimate of drug-likeness (QED) is 0.1000. The summed E-state index contributed by atoms with van der Waals surface area (Å²) in [6, 6.07) is 15.6. The number of hydrogen-bond acceptors (Lipinski definition) is 8. The van der Waals surface area contributed by atoms with E-state index in [4.69, 9.17) is 25.0 Å². The number of fused-ring (bicyclic) bond motifs is 1. The maximum atomic E-state index is 12.1. The fourth-order valence-electron chi connectivity index (χ4n) is 4.82. The van der Waals surface area contributed by atoms with Crippen molar-refractivity contribution in [2.45, 2.75) is 45.3 Å². The SMILES string of the molecule is CCOC(=O)Cc1ccccc1OCc1c2cc(-c3ccnc(/C(N)=N/O)c3OC)ccc2nn1C1CCC1. The molecule has 1 aliphatic rings. The molecule has 0 saturated heterocycles. The molecule has 2 heterocycles. The summed E-state index contributed by atoms with van der Waals surface area (Å²) in [4.78, 5) is 16.4. The minimum atomic E-state index is -0.291. The van der Waals surface area contributed by atoms with Crippen LogP contribution < -0.4 is 15.2 Å². The Morgan fingerprint density at radius 2 is 2.03 bits per heavy atom. The lowest BCUT2D eigenvalue weighted by Gasteiger charge is -2.27. The summed E-state index contributed by atoms with van der Waals surface area (Å²) in [5.74, 6) is 0.614. The van der Waals surface area contributed by atoms with E-state index in [2.05, 4.69) is 20.9 Å². The van der Waals surface area contributed by atoms with Gasteiger partial charge in [0.1, 0.15) is 12.4 Å². The van der Waals surface area contributed by atoms with E-state index in [-0.39, 0.29) is 30.5 Å². The van der Waals surface area contributed by atoms with Gasteiger partial charge in [0.15, 0.2) is 17.3 Å². The lowest BCUT2D eigenvalue weighted by atomic mass is 9.93. The fourth-order valence-corrected chi connectivity index (χ4v) is 4.82. The van der Waals surface area contributed by atoms with Crippen LogP contribution in [0.15, 0.2) is 59.9 Å². The number of carbonyl (C=O) groups is 1. The highest BCUT2D eigenvalue weighted by molar-refractivity contribution is 6.00. The lowest BCUT2D eigenvalue weighted by Crippen LogP contribution is -2.21. The number of amidine groups is 1. The average molecular weight is 530 g/mol. The first kappa shape index (κ1) is 26.0. The molecule has 1 fully saturated rings. The second kappa shape index (κ2) is 11.4. The number of carbonyl (C=O) groups excluding carboxylic acids is 1. The molecule has 0 amide bonds. The number of hydrogen-bond donors (Lipinski definition) is 2. The van der Waals surface area contributed by atoms with E-state index in [0.29, 0.717) is 24.1 Å². The molecule has 10 heteroatoms. The second-order valence-corrected chi connectivity index (χ2v) is 9.31. The van der Waals surface area contributed by atoms with E-state index in [1.807, 2.05) is 42.5 Å². The van der Waals surface area contributed by atoms with Gasteiger partial charge in [0.25, 0.3) is 0 Å². The third-order valence-electron chi connectivity index (χ3n) is 6.97. The molecule has 202 valence electrons. The standard InChI is InChI=1S/C29H31N5O5/c1-3-38-26(35)16-19-7-4-5-10-25(19)39-17-24-22-15-18(11-12-23(22)32-34(24)20-8-6-9-20)21-13-14-31-27(28(21)37-2)29(30)33-36/h4-5,7,10-15,20,36H,3,6,8-9,16-17H2,1-2H3,(H2,30,33). The van der Waals surface area contributed by atoms with Crippen LogP contribution in [-0.4, -0.2) is 45.5 Å². The molecular weight excluding hydrogens is 498 g/mol. The van der Waals surface area contributed by atoms with Crippen LogP contribution in [0.5, 0.6) is 11.5 Å². The molecule has 1 aliphatic carbocycles. The number of benzene rings is 2. The van der Waals surface area contributed by atoms with E-state index in [0.717, 1.165) is 46.1 Å². The summed E-state index contributed by atoms with van der Waals surface area (Å²) in [7, 11) is 1.52. The van der Waals surface area contributed by atoms with Gasteiger partial charge in [0, 0.05) is 22.7 Å². The molecule has 3 N–H and O–H groups in total. The highest BCUT2D eigenvalue weighted by Crippen LogP contribution is 2.38. The number of nitrogens with zero attached hydrogens (tertiary/aromatic N) is 4. The number of esters is 1. The van der Waals surface area contributed by atoms with Crippen molar-refractivity contribution in [1.82, 2.24) is 14.8 Å². The summed E-state index contributed by atoms with van der Waals surface area (Å²) in [6.07, 6.45) is 5.03. The molecule has 0 unspecified atom stereocenters. The van der Waals surface area contributed by atoms with Crippen LogP contribution in [0.1, 0.15) is 49.2 Å². The number of aromatic nitrogens is 3. The van der Waals surface area contributed by atoms with Crippen LogP contribution in [0, 0.1) is 0 Å². The fraction of sp³-hybridized carbons (Fsp3) is 0.310. The Labute approximate surface area is 226 Å². The number of nitrogens with two attached hydrogens (primary N) is 1. The minimum absolute atomic E-state index is 0.136. The van der Waals surface area contributed by atoms with E-state index in [1.54, 1.807) is 13.1 Å². The van der Waals surface area contributed by atoms with Gasteiger partial charge >= 0.3 is 5.97 Å². The van der Waals surface area contributed by atoms with Gasteiger partial charge in [0.05, 0.1) is 37.4 Å². The Morgan fingerprint density at radius 3 is 2.74 bits per heavy atom. The molecule has 4 aromatic rings. The average Bonchev–Trinajstić information content (AvgIpc) is 3.27. The highest BCUT2D eigenvalue weighted by atomic mass is 16.5. The zero-order valence-electron chi connectivity index (χ0n) is 22.0. The molecule has 0 spiro atoms. The van der Waals surface area contributed by atoms with Crippen LogP contribution in [0.4, 0.5) is 0 Å². The Hall–Kier alpha value is -4.60. The normalized spacial score (nSPS) is 13.7. The van der Waals surface area contributed by atoms with Crippen LogP contribution in [0.2, 0.25) is 0 Å². The van der Waals surface area contributed by atoms with Crippen LogP contribution in [0.25, 0.3) is 22.0 Å². The molecular formula is C29H31N5O5. The van der Waals surface area contributed by atoms with Crippen molar-refractivity contribution < 1.29 is 24.2 Å². The van der Waals surface area contributed by atoms with Crippen molar-refractivity contribution in [3.05, 3.63) is 71.7 Å². The summed E-state index contributed by atoms with van der Waals surface area (Å²) in [5.41, 5.74) is 10.3. The van der Waals surface area contributed by atoms with E-state index in [1.165, 1.54) is 13.5 Å². The predicted octanol–water partition coefficient (Wildman–Crippen LogP) is 4.61. The van der Waals surface area contributed by atoms with Gasteiger partial charge in [0.2, 0.25) is 0 Å². The monoisotopic (exact) mass is 529 g/mol. The first-order valence-corrected chi connectivity index (χ1v) is 12.9. The highest BCUT2D eigenvalue weighted by Gasteiger charge is 2.26. The number of para-hydroxylation sites is 1. The van der Waals surface area contributed by atoms with Gasteiger partial charge in [-0.2, -0.15) is 5.10 Å². The van der Waals surface area contributed by atoms with E-state index >= 15 is 0 Å². The molecule has 0 aliphatic heterocycles. The molecule has 0 radical (unpaired) electrons. The Bertz CT molecular complexity index is 1530. The van der Waals surface area contributed by atoms with Crippen molar-refractivity contribution in [2.24, 2.45) is 10.9 Å². The molecule has 2 aromatic heterocycles. The van der Waals surface area contributed by atoms with Gasteiger partial charge in [-0.1, -0.05) is 29.4 Å². The summed E-state index contributed by atoms with van der Waals surface area (Å²) < 4.78 is 19.2. The van der Waals surface area contributed by atoms with Crippen molar-refractivity contribution in [1.29, 1.82) is 0 Å². The van der Waals surface area contributed by atoms with Gasteiger partial charge in [-0.25, -0.2) is 4.98 Å². The zero-order valence-corrected chi connectivity index (χ0v) is 22.0. The Kier molecular flexibility index (Phi) is 7.62. The Balaban J connectivity index is 1.54. The molecule has 0 atom stereocenters. The number of ether oxygens (including phenoxy) is 3. The third-order valence-corrected chi connectivity index (χ3v) is 6.97. The van der Waals surface area contributed by atoms with Crippen molar-refractivity contribution in [3.8, 4) is 22.6 Å². The topological polar surface area (TPSA) is 134 Å². The third kappa shape index (κ3) is 5.22. The summed E-state index contributed by atoms with van der Waals surface area (Å²) in [6.45, 7) is 2.40. The van der Waals surface area contributed by atoms with Crippen molar-refractivity contribution in [2.75, 3.05) is 13.7 Å². The number of pyridine rings is 1. The second-order valence-electron chi connectivity index (χ2n) is 9.31. The van der Waals surface area contributed by atoms with E-state index in [9.17, 15) is 10.0 Å². The molecule has 10 nitrogen and oxygen atoms in total. The molecule has 0 bridgehead atoms. The summed E-state index contributed by atoms with van der Waals surface area (Å²) >= 11 is 0. The smallest absolute Gasteiger partial charge is 0.310 e. The number of rotatable bonds is 10. The van der Waals surface area contributed by atoms with Gasteiger partial charge in [-0.05, 0) is 56.0 Å². The predicted molar refractivity (Wildman–Crippen MR) is 146 cm³/mol. The first-order valence-electron chi connectivity index (χ1n) is 12.9. The van der Waals surface area contributed by atoms with Crippen LogP contribution >= 0.6 is 0 Å².